The van der Waals surface area contributed by atoms with Crippen molar-refractivity contribution in [1.29, 1.82) is 0 Å². The Bertz CT molecular complexity index is 499. The minimum absolute atomic E-state index is 0.211. The topological polar surface area (TPSA) is 93.0 Å². The molecular weight excluding hydrogens is 308 g/mol. The Labute approximate surface area is 144 Å². The molecule has 0 heterocycles. The average molecular weight is 338 g/mol. The molecule has 0 aromatic heterocycles. The first kappa shape index (κ1) is 20.4. The van der Waals surface area contributed by atoms with Gasteiger partial charge in [0.05, 0.1) is 18.2 Å². The zero-order valence-electron chi connectivity index (χ0n) is 14.9. The van der Waals surface area contributed by atoms with Gasteiger partial charge in [0, 0.05) is 18.6 Å². The van der Waals surface area contributed by atoms with Crippen LogP contribution in [-0.4, -0.2) is 63.2 Å². The number of carboxylic acid groups (broad SMARTS) is 1. The summed E-state index contributed by atoms with van der Waals surface area (Å²) < 4.78 is 0. The van der Waals surface area contributed by atoms with Crippen LogP contribution in [0.1, 0.15) is 33.3 Å². The summed E-state index contributed by atoms with van der Waals surface area (Å²) in [4.78, 5) is 13.1. The van der Waals surface area contributed by atoms with E-state index in [1.165, 1.54) is 4.90 Å². The molecule has 0 bridgehead atoms. The van der Waals surface area contributed by atoms with Gasteiger partial charge in [-0.25, -0.2) is 4.79 Å². The quantitative estimate of drug-likeness (QED) is 0.579. The largest absolute Gasteiger partial charge is 0.465 e. The molecular formula is C18H30N2O4. The van der Waals surface area contributed by atoms with E-state index in [9.17, 15) is 20.1 Å². The van der Waals surface area contributed by atoms with Gasteiger partial charge in [-0.05, 0) is 39.7 Å². The number of nitrogens with zero attached hydrogens (tertiary/aromatic N) is 1. The first-order chi connectivity index (χ1) is 11.1. The first-order valence-corrected chi connectivity index (χ1v) is 8.26. The Hall–Kier alpha value is -1.63. The molecule has 0 saturated carbocycles. The molecule has 1 aromatic rings. The Kier molecular flexibility index (Phi) is 7.66. The van der Waals surface area contributed by atoms with E-state index in [1.54, 1.807) is 6.92 Å². The number of nitrogens with one attached hydrogen (secondary N) is 1. The highest BCUT2D eigenvalue weighted by Crippen LogP contribution is 2.22. The lowest BCUT2D eigenvalue weighted by molar-refractivity contribution is 0.00695. The maximum absolute atomic E-state index is 11.8. The fraction of sp³-hybridized carbons (Fsp3) is 0.611. The molecule has 0 radical (unpaired) electrons. The van der Waals surface area contributed by atoms with Crippen molar-refractivity contribution >= 4 is 6.09 Å². The normalized spacial score (nSPS) is 15.6. The third kappa shape index (κ3) is 6.47. The van der Waals surface area contributed by atoms with Crippen LogP contribution < -0.4 is 5.32 Å². The Morgan fingerprint density at radius 3 is 2.21 bits per heavy atom. The molecule has 136 valence electrons. The summed E-state index contributed by atoms with van der Waals surface area (Å²) in [6, 6.07) is 8.94. The van der Waals surface area contributed by atoms with Crippen LogP contribution in [0.25, 0.3) is 0 Å². The zero-order valence-corrected chi connectivity index (χ0v) is 14.9. The van der Waals surface area contributed by atoms with Crippen molar-refractivity contribution in [2.45, 2.75) is 57.9 Å². The lowest BCUT2D eigenvalue weighted by Gasteiger charge is -2.42. The lowest BCUT2D eigenvalue weighted by atomic mass is 9.94. The average Bonchev–Trinajstić information content (AvgIpc) is 2.45. The number of rotatable bonds is 8. The van der Waals surface area contributed by atoms with E-state index < -0.39 is 29.9 Å². The van der Waals surface area contributed by atoms with E-state index in [4.69, 9.17) is 0 Å². The standard InChI is InChI=1S/C18H30N2O4/c1-13(21)11-19-12-16(22)15(10-14-8-6-5-7-9-14)20(17(23)24)18(2,3)4/h5-9,13,15-16,19,21-22H,10-12H2,1-4H3,(H,23,24)/t13?,15-,16+/m0/s1. The van der Waals surface area contributed by atoms with E-state index in [2.05, 4.69) is 5.32 Å². The van der Waals surface area contributed by atoms with Crippen molar-refractivity contribution in [2.75, 3.05) is 13.1 Å². The highest BCUT2D eigenvalue weighted by atomic mass is 16.4. The molecule has 24 heavy (non-hydrogen) atoms. The second-order valence-corrected chi connectivity index (χ2v) is 7.16. The SMILES string of the molecule is CC(O)CNC[C@@H](O)[C@H](Cc1ccccc1)N(C(=O)O)C(C)(C)C. The fourth-order valence-electron chi connectivity index (χ4n) is 2.76. The lowest BCUT2D eigenvalue weighted by Crippen LogP contribution is -2.58. The predicted molar refractivity (Wildman–Crippen MR) is 94.1 cm³/mol. The maximum atomic E-state index is 11.8. The van der Waals surface area contributed by atoms with Crippen molar-refractivity contribution in [1.82, 2.24) is 10.2 Å². The minimum Gasteiger partial charge on any atom is -0.465 e. The van der Waals surface area contributed by atoms with Crippen LogP contribution >= 0.6 is 0 Å². The fourth-order valence-corrected chi connectivity index (χ4v) is 2.76. The summed E-state index contributed by atoms with van der Waals surface area (Å²) in [5, 5.41) is 32.6. The molecule has 0 aliphatic rings. The highest BCUT2D eigenvalue weighted by Gasteiger charge is 2.37. The van der Waals surface area contributed by atoms with Crippen LogP contribution in [0.3, 0.4) is 0 Å². The van der Waals surface area contributed by atoms with E-state index in [1.807, 2.05) is 51.1 Å². The number of carbonyl (C=O) groups is 1. The second-order valence-electron chi connectivity index (χ2n) is 7.16. The second kappa shape index (κ2) is 9.01. The number of aliphatic hydroxyl groups is 2. The van der Waals surface area contributed by atoms with Crippen LogP contribution in [-0.2, 0) is 6.42 Å². The third-order valence-electron chi connectivity index (χ3n) is 3.79. The van der Waals surface area contributed by atoms with Gasteiger partial charge in [-0.1, -0.05) is 30.3 Å². The monoisotopic (exact) mass is 338 g/mol. The molecule has 1 amide bonds. The number of hydrogen-bond acceptors (Lipinski definition) is 4. The number of benzene rings is 1. The number of amides is 1. The van der Waals surface area contributed by atoms with Crippen molar-refractivity contribution in [2.24, 2.45) is 0 Å². The molecule has 4 N–H and O–H groups in total. The molecule has 0 fully saturated rings. The summed E-state index contributed by atoms with van der Waals surface area (Å²) in [5.74, 6) is 0. The zero-order chi connectivity index (χ0) is 18.3. The summed E-state index contributed by atoms with van der Waals surface area (Å²) in [7, 11) is 0. The Morgan fingerprint density at radius 2 is 1.75 bits per heavy atom. The van der Waals surface area contributed by atoms with Crippen LogP contribution in [0, 0.1) is 0 Å². The summed E-state index contributed by atoms with van der Waals surface area (Å²) >= 11 is 0. The van der Waals surface area contributed by atoms with E-state index in [0.717, 1.165) is 5.56 Å². The first-order valence-electron chi connectivity index (χ1n) is 8.26. The Balaban J connectivity index is 2.98. The van der Waals surface area contributed by atoms with E-state index in [-0.39, 0.29) is 6.54 Å². The van der Waals surface area contributed by atoms with Gasteiger partial charge in [-0.3, -0.25) is 4.90 Å². The molecule has 1 aromatic carbocycles. The molecule has 1 unspecified atom stereocenters. The van der Waals surface area contributed by atoms with Crippen molar-refractivity contribution in [3.63, 3.8) is 0 Å². The maximum Gasteiger partial charge on any atom is 0.408 e. The summed E-state index contributed by atoms with van der Waals surface area (Å²) in [5.41, 5.74) is 0.323. The van der Waals surface area contributed by atoms with Gasteiger partial charge in [0.2, 0.25) is 0 Å². The number of hydrogen-bond donors (Lipinski definition) is 4. The van der Waals surface area contributed by atoms with Crippen molar-refractivity contribution in [3.8, 4) is 0 Å². The van der Waals surface area contributed by atoms with Crippen LogP contribution in [0.4, 0.5) is 4.79 Å². The molecule has 0 aliphatic heterocycles. The molecule has 6 nitrogen and oxygen atoms in total. The van der Waals surface area contributed by atoms with E-state index in [0.29, 0.717) is 13.0 Å². The van der Waals surface area contributed by atoms with E-state index >= 15 is 0 Å². The molecule has 0 spiro atoms. The van der Waals surface area contributed by atoms with Crippen LogP contribution in [0.2, 0.25) is 0 Å². The van der Waals surface area contributed by atoms with Gasteiger partial charge in [0.1, 0.15) is 0 Å². The van der Waals surface area contributed by atoms with Crippen LogP contribution in [0.15, 0.2) is 30.3 Å². The molecule has 0 aliphatic carbocycles. The van der Waals surface area contributed by atoms with Gasteiger partial charge < -0.3 is 20.6 Å². The summed E-state index contributed by atoms with van der Waals surface area (Å²) in [6.45, 7) is 7.65. The molecule has 3 atom stereocenters. The van der Waals surface area contributed by atoms with Crippen molar-refractivity contribution in [3.05, 3.63) is 35.9 Å². The smallest absolute Gasteiger partial charge is 0.408 e. The van der Waals surface area contributed by atoms with Crippen molar-refractivity contribution < 1.29 is 20.1 Å². The Morgan fingerprint density at radius 1 is 1.17 bits per heavy atom. The van der Waals surface area contributed by atoms with Gasteiger partial charge >= 0.3 is 6.09 Å². The molecule has 6 heteroatoms. The minimum atomic E-state index is -1.06. The predicted octanol–water partition coefficient (Wildman–Crippen LogP) is 1.71. The van der Waals surface area contributed by atoms with Crippen LogP contribution in [0.5, 0.6) is 0 Å². The van der Waals surface area contributed by atoms with Gasteiger partial charge in [0.15, 0.2) is 0 Å². The molecule has 1 rings (SSSR count). The van der Waals surface area contributed by atoms with Gasteiger partial charge in [0.25, 0.3) is 0 Å². The third-order valence-corrected chi connectivity index (χ3v) is 3.79. The number of aliphatic hydroxyl groups excluding tert-OH is 2. The van der Waals surface area contributed by atoms with Gasteiger partial charge in [-0.2, -0.15) is 0 Å². The highest BCUT2D eigenvalue weighted by molar-refractivity contribution is 5.66. The van der Waals surface area contributed by atoms with Gasteiger partial charge in [-0.15, -0.1) is 0 Å². The summed E-state index contributed by atoms with van der Waals surface area (Å²) in [6.07, 6.45) is -2.05. The molecule has 0 saturated heterocycles.